The average Bonchev–Trinajstić information content (AvgIpc) is 3.34. The summed E-state index contributed by atoms with van der Waals surface area (Å²) in [7, 11) is -1.07. The van der Waals surface area contributed by atoms with Gasteiger partial charge in [-0.05, 0) is 84.1 Å². The van der Waals surface area contributed by atoms with Crippen LogP contribution in [0, 0.1) is 6.92 Å². The second-order valence-corrected chi connectivity index (χ2v) is 11.3. The number of rotatable bonds is 7. The number of aryl methyl sites for hydroxylation is 1. The molecule has 0 saturated carbocycles. The van der Waals surface area contributed by atoms with E-state index in [0.29, 0.717) is 0 Å². The van der Waals surface area contributed by atoms with Gasteiger partial charge in [0.05, 0.1) is 16.0 Å². The summed E-state index contributed by atoms with van der Waals surface area (Å²) in [5.41, 5.74) is 5.15. The van der Waals surface area contributed by atoms with Crippen LogP contribution in [-0.4, -0.2) is 34.2 Å². The zero-order chi connectivity index (χ0) is 22.6. The third-order valence-corrected chi connectivity index (χ3v) is 9.17. The van der Waals surface area contributed by atoms with Gasteiger partial charge in [-0.1, -0.05) is 60.2 Å². The van der Waals surface area contributed by atoms with Gasteiger partial charge in [0.25, 0.3) is 0 Å². The summed E-state index contributed by atoms with van der Waals surface area (Å²) in [5, 5.41) is 3.50. The second kappa shape index (κ2) is 11.2. The molecule has 0 spiro atoms. The van der Waals surface area contributed by atoms with E-state index in [9.17, 15) is 4.21 Å². The topological polar surface area (TPSA) is 51.8 Å². The van der Waals surface area contributed by atoms with E-state index in [2.05, 4.69) is 83.9 Å². The van der Waals surface area contributed by atoms with Crippen molar-refractivity contribution in [3.63, 3.8) is 0 Å². The molecule has 1 aliphatic heterocycles. The maximum Gasteiger partial charge on any atom is 0.0656 e. The first kappa shape index (κ1) is 24.6. The molecule has 0 aliphatic carbocycles. The Morgan fingerprint density at radius 2 is 1.79 bits per heavy atom. The van der Waals surface area contributed by atoms with E-state index in [1.807, 2.05) is 18.2 Å². The maximum atomic E-state index is 13.5. The maximum absolute atomic E-state index is 13.5. The van der Waals surface area contributed by atoms with Crippen LogP contribution in [0.5, 0.6) is 0 Å². The van der Waals surface area contributed by atoms with Crippen LogP contribution in [0.2, 0.25) is 0 Å². The summed E-state index contributed by atoms with van der Waals surface area (Å²) < 4.78 is 14.9. The Kier molecular flexibility index (Phi) is 8.11. The van der Waals surface area contributed by atoms with Crippen LogP contribution in [0.25, 0.3) is 15.7 Å². The van der Waals surface area contributed by atoms with Crippen LogP contribution in [-0.2, 0) is 10.8 Å². The van der Waals surface area contributed by atoms with Crippen molar-refractivity contribution in [3.8, 4) is 0 Å². The third-order valence-electron chi connectivity index (χ3n) is 6.51. The summed E-state index contributed by atoms with van der Waals surface area (Å²) in [4.78, 5) is 3.41. The SMILES string of the molecule is Cc1ccc(S(=O)C(CCN2CC=C(c3ccc4sccc4c3)CC2)c2ccccc2)cc1.O. The van der Waals surface area contributed by atoms with Gasteiger partial charge in [0, 0.05) is 22.7 Å². The van der Waals surface area contributed by atoms with Gasteiger partial charge in [-0.15, -0.1) is 11.3 Å². The first-order chi connectivity index (χ1) is 16.2. The molecule has 0 saturated heterocycles. The largest absolute Gasteiger partial charge is 0.412 e. The molecule has 1 aliphatic rings. The third kappa shape index (κ3) is 5.56. The van der Waals surface area contributed by atoms with Gasteiger partial charge in [-0.2, -0.15) is 0 Å². The van der Waals surface area contributed by atoms with Gasteiger partial charge in [-0.25, -0.2) is 0 Å². The van der Waals surface area contributed by atoms with Crippen LogP contribution >= 0.6 is 11.3 Å². The van der Waals surface area contributed by atoms with Crippen molar-refractivity contribution in [1.82, 2.24) is 4.90 Å². The lowest BCUT2D eigenvalue weighted by atomic mass is 9.98. The van der Waals surface area contributed by atoms with Crippen LogP contribution in [0.3, 0.4) is 0 Å². The lowest BCUT2D eigenvalue weighted by Crippen LogP contribution is -2.30. The Labute approximate surface area is 208 Å². The Balaban J connectivity index is 0.00000274. The van der Waals surface area contributed by atoms with Crippen molar-refractivity contribution in [3.05, 3.63) is 107 Å². The molecule has 0 radical (unpaired) electrons. The van der Waals surface area contributed by atoms with Crippen molar-refractivity contribution in [2.24, 2.45) is 0 Å². The molecule has 1 aromatic heterocycles. The molecule has 2 unspecified atom stereocenters. The van der Waals surface area contributed by atoms with Crippen molar-refractivity contribution in [2.45, 2.75) is 29.9 Å². The highest BCUT2D eigenvalue weighted by molar-refractivity contribution is 7.85. The van der Waals surface area contributed by atoms with E-state index in [1.54, 1.807) is 11.3 Å². The fourth-order valence-corrected chi connectivity index (χ4v) is 6.77. The minimum atomic E-state index is -1.07. The molecule has 0 fully saturated rings. The highest BCUT2D eigenvalue weighted by Gasteiger charge is 2.22. The predicted octanol–water partition coefficient (Wildman–Crippen LogP) is 6.41. The van der Waals surface area contributed by atoms with Gasteiger partial charge >= 0.3 is 0 Å². The molecule has 34 heavy (non-hydrogen) atoms. The number of benzene rings is 3. The Bertz CT molecular complexity index is 1280. The quantitative estimate of drug-likeness (QED) is 0.301. The van der Waals surface area contributed by atoms with E-state index in [4.69, 9.17) is 0 Å². The second-order valence-electron chi connectivity index (χ2n) is 8.75. The molecule has 176 valence electrons. The van der Waals surface area contributed by atoms with Crippen LogP contribution in [0.4, 0.5) is 0 Å². The standard InChI is InChI=1S/C29H29NOS2.H2O/c1-22-7-10-27(11-8-22)33(31)29(24-5-3-2-4-6-24)15-19-30-17-13-23(14-18-30)25-9-12-28-26(21-25)16-20-32-28;/h2-13,16,20-21,29H,14-15,17-19H2,1H3;1H2. The van der Waals surface area contributed by atoms with Gasteiger partial charge in [-0.3, -0.25) is 9.11 Å². The van der Waals surface area contributed by atoms with Gasteiger partial charge < -0.3 is 5.48 Å². The van der Waals surface area contributed by atoms with Crippen molar-refractivity contribution in [2.75, 3.05) is 19.6 Å². The molecule has 2 N–H and O–H groups in total. The van der Waals surface area contributed by atoms with E-state index in [0.717, 1.165) is 42.9 Å². The first-order valence-corrected chi connectivity index (χ1v) is 13.7. The number of hydrogen-bond donors (Lipinski definition) is 0. The lowest BCUT2D eigenvalue weighted by molar-refractivity contribution is 0.296. The van der Waals surface area contributed by atoms with Crippen molar-refractivity contribution < 1.29 is 9.69 Å². The molecular weight excluding hydrogens is 458 g/mol. The van der Waals surface area contributed by atoms with Crippen LogP contribution in [0.1, 0.15) is 34.8 Å². The molecule has 5 rings (SSSR count). The summed E-state index contributed by atoms with van der Waals surface area (Å²) >= 11 is 1.80. The zero-order valence-corrected chi connectivity index (χ0v) is 21.1. The smallest absolute Gasteiger partial charge is 0.0656 e. The first-order valence-electron chi connectivity index (χ1n) is 11.6. The molecule has 3 nitrogen and oxygen atoms in total. The lowest BCUT2D eigenvalue weighted by Gasteiger charge is -2.28. The van der Waals surface area contributed by atoms with Gasteiger partial charge in [0.15, 0.2) is 0 Å². The van der Waals surface area contributed by atoms with Crippen molar-refractivity contribution in [1.29, 1.82) is 0 Å². The normalized spacial score (nSPS) is 16.0. The van der Waals surface area contributed by atoms with Gasteiger partial charge in [0.2, 0.25) is 0 Å². The monoisotopic (exact) mass is 489 g/mol. The fourth-order valence-electron chi connectivity index (χ4n) is 4.54. The predicted molar refractivity (Wildman–Crippen MR) is 146 cm³/mol. The van der Waals surface area contributed by atoms with Crippen LogP contribution < -0.4 is 0 Å². The number of hydrogen-bond acceptors (Lipinski definition) is 3. The summed E-state index contributed by atoms with van der Waals surface area (Å²) in [6.07, 6.45) is 4.33. The molecular formula is C29H31NO2S2. The highest BCUT2D eigenvalue weighted by Crippen LogP contribution is 2.31. The summed E-state index contributed by atoms with van der Waals surface area (Å²) in [6, 6.07) is 27.5. The molecule has 5 heteroatoms. The summed E-state index contributed by atoms with van der Waals surface area (Å²) in [5.74, 6) is 0. The highest BCUT2D eigenvalue weighted by atomic mass is 32.2. The minimum Gasteiger partial charge on any atom is -0.412 e. The number of nitrogens with zero attached hydrogens (tertiary/aromatic N) is 1. The van der Waals surface area contributed by atoms with E-state index in [1.165, 1.54) is 26.8 Å². The van der Waals surface area contributed by atoms with Gasteiger partial charge in [0.1, 0.15) is 0 Å². The van der Waals surface area contributed by atoms with Crippen molar-refractivity contribution >= 4 is 37.8 Å². The zero-order valence-electron chi connectivity index (χ0n) is 19.4. The molecule has 0 amide bonds. The molecule has 0 bridgehead atoms. The summed E-state index contributed by atoms with van der Waals surface area (Å²) in [6.45, 7) is 5.02. The van der Waals surface area contributed by atoms with Crippen LogP contribution in [0.15, 0.2) is 95.2 Å². The van der Waals surface area contributed by atoms with E-state index in [-0.39, 0.29) is 10.7 Å². The fraction of sp³-hybridized carbons (Fsp3) is 0.241. The average molecular weight is 490 g/mol. The molecule has 2 atom stereocenters. The number of fused-ring (bicyclic) bond motifs is 1. The Morgan fingerprint density at radius 3 is 2.53 bits per heavy atom. The molecule has 3 aromatic carbocycles. The van der Waals surface area contributed by atoms with E-state index < -0.39 is 10.8 Å². The Hall–Kier alpha value is -2.57. The Morgan fingerprint density at radius 1 is 1.00 bits per heavy atom. The van der Waals surface area contributed by atoms with E-state index >= 15 is 0 Å². The number of thiophene rings is 1. The minimum absolute atomic E-state index is 0. The molecule has 4 aromatic rings. The molecule has 2 heterocycles.